The van der Waals surface area contributed by atoms with Crippen LogP contribution in [-0.4, -0.2) is 18.3 Å². The van der Waals surface area contributed by atoms with Crippen LogP contribution in [0.25, 0.3) is 0 Å². The molecule has 32 heavy (non-hydrogen) atoms. The summed E-state index contributed by atoms with van der Waals surface area (Å²) in [5, 5.41) is 10.3. The second-order valence-electron chi connectivity index (χ2n) is 12.6. The van der Waals surface area contributed by atoms with Crippen molar-refractivity contribution >= 4 is 0 Å². The first kappa shape index (κ1) is 28.2. The van der Waals surface area contributed by atoms with E-state index in [4.69, 9.17) is 0 Å². The minimum absolute atomic E-state index is 0.00830. The number of aliphatic hydroxyl groups excluding tert-OH is 1. The first-order valence-corrected chi connectivity index (χ1v) is 14.5. The van der Waals surface area contributed by atoms with E-state index in [1.807, 2.05) is 13.8 Å². The van der Waals surface area contributed by atoms with E-state index >= 15 is 0 Å². The van der Waals surface area contributed by atoms with Crippen LogP contribution < -0.4 is 5.73 Å². The molecular formula is C30H59NO. The highest BCUT2D eigenvalue weighted by Gasteiger charge is 2.60. The average molecular weight is 450 g/mol. The van der Waals surface area contributed by atoms with Crippen LogP contribution in [-0.2, 0) is 0 Å². The molecule has 190 valence electrons. The first-order valence-electron chi connectivity index (χ1n) is 14.5. The monoisotopic (exact) mass is 449 g/mol. The van der Waals surface area contributed by atoms with Crippen LogP contribution in [0.1, 0.15) is 126 Å². The van der Waals surface area contributed by atoms with E-state index in [2.05, 4.69) is 40.4 Å². The van der Waals surface area contributed by atoms with Gasteiger partial charge in [0.1, 0.15) is 0 Å². The van der Waals surface area contributed by atoms with E-state index in [1.165, 1.54) is 71.3 Å². The van der Waals surface area contributed by atoms with Crippen molar-refractivity contribution in [3.8, 4) is 0 Å². The van der Waals surface area contributed by atoms with E-state index in [0.717, 1.165) is 54.3 Å². The molecule has 8 unspecified atom stereocenters. The molecule has 0 aromatic carbocycles. The third kappa shape index (κ3) is 5.42. The Morgan fingerprint density at radius 2 is 1.44 bits per heavy atom. The van der Waals surface area contributed by atoms with Crippen LogP contribution in [0.5, 0.6) is 0 Å². The predicted molar refractivity (Wildman–Crippen MR) is 141 cm³/mol. The van der Waals surface area contributed by atoms with Crippen molar-refractivity contribution in [3.63, 3.8) is 0 Å². The molecule has 0 saturated heterocycles. The Labute approximate surface area is 201 Å². The summed E-state index contributed by atoms with van der Waals surface area (Å²) in [6.07, 6.45) is 16.6. The molecule has 0 radical (unpaired) electrons. The van der Waals surface area contributed by atoms with Crippen molar-refractivity contribution in [3.05, 3.63) is 0 Å². The van der Waals surface area contributed by atoms with E-state index in [9.17, 15) is 5.11 Å². The third-order valence-electron chi connectivity index (χ3n) is 10.8. The Balaban J connectivity index is 0.000000860. The molecule has 4 rings (SSSR count). The summed E-state index contributed by atoms with van der Waals surface area (Å²) in [7, 11) is 1.50. The number of fused-ring (bicyclic) bond motifs is 5. The molecular weight excluding hydrogens is 390 g/mol. The molecule has 0 bridgehead atoms. The highest BCUT2D eigenvalue weighted by Crippen LogP contribution is 2.68. The summed E-state index contributed by atoms with van der Waals surface area (Å²) >= 11 is 0. The standard InChI is InChI=1S/C27H48O.C2H6.CH5N/c1-18(2)7-6-8-19(3)23-11-12-24-22-10-9-20-17-21(28)13-15-26(20,4)25(22)14-16-27(23,24)5;2*1-2/h18-25,28H,6-17H2,1-5H3;1-2H3;2H2,1H3/t19-,20?,21?,22?,23?,24?,25?,26?,27?;;/m1../s1. The zero-order valence-electron chi connectivity index (χ0n) is 23.1. The molecule has 2 heteroatoms. The molecule has 0 aromatic heterocycles. The van der Waals surface area contributed by atoms with Gasteiger partial charge in [-0.15, -0.1) is 0 Å². The first-order chi connectivity index (χ1) is 15.3. The molecule has 4 aliphatic rings. The molecule has 0 heterocycles. The summed E-state index contributed by atoms with van der Waals surface area (Å²) < 4.78 is 0. The molecule has 4 saturated carbocycles. The predicted octanol–water partition coefficient (Wildman–Crippen LogP) is 8.07. The molecule has 3 N–H and O–H groups in total. The zero-order valence-corrected chi connectivity index (χ0v) is 23.1. The van der Waals surface area contributed by atoms with Gasteiger partial charge in [-0.3, -0.25) is 0 Å². The summed E-state index contributed by atoms with van der Waals surface area (Å²) in [6, 6.07) is 0. The van der Waals surface area contributed by atoms with Gasteiger partial charge in [0, 0.05) is 0 Å². The fourth-order valence-electron chi connectivity index (χ4n) is 9.26. The van der Waals surface area contributed by atoms with Gasteiger partial charge in [0.05, 0.1) is 6.10 Å². The van der Waals surface area contributed by atoms with Gasteiger partial charge in [-0.2, -0.15) is 0 Å². The number of hydrogen-bond donors (Lipinski definition) is 2. The molecule has 2 nitrogen and oxygen atoms in total. The Kier molecular flexibility index (Phi) is 10.6. The lowest BCUT2D eigenvalue weighted by atomic mass is 9.44. The van der Waals surface area contributed by atoms with E-state index < -0.39 is 0 Å². The Hall–Kier alpha value is -0.0800. The van der Waals surface area contributed by atoms with Crippen molar-refractivity contribution < 1.29 is 5.11 Å². The highest BCUT2D eigenvalue weighted by molar-refractivity contribution is 5.09. The fourth-order valence-corrected chi connectivity index (χ4v) is 9.26. The van der Waals surface area contributed by atoms with Crippen LogP contribution in [0.15, 0.2) is 0 Å². The Bertz CT molecular complexity index is 547. The number of hydrogen-bond acceptors (Lipinski definition) is 2. The minimum atomic E-state index is -0.00830. The lowest BCUT2D eigenvalue weighted by Crippen LogP contribution is -2.54. The van der Waals surface area contributed by atoms with Crippen LogP contribution in [0.2, 0.25) is 0 Å². The Morgan fingerprint density at radius 1 is 0.812 bits per heavy atom. The van der Waals surface area contributed by atoms with Gasteiger partial charge in [0.15, 0.2) is 0 Å². The normalized spacial score (nSPS) is 43.6. The van der Waals surface area contributed by atoms with Gasteiger partial charge in [-0.1, -0.05) is 67.7 Å². The molecule has 4 aliphatic carbocycles. The van der Waals surface area contributed by atoms with Gasteiger partial charge >= 0.3 is 0 Å². The largest absolute Gasteiger partial charge is 0.393 e. The average Bonchev–Trinajstić information content (AvgIpc) is 3.14. The quantitative estimate of drug-likeness (QED) is 0.445. The van der Waals surface area contributed by atoms with Crippen LogP contribution in [0, 0.1) is 52.3 Å². The molecule has 4 fully saturated rings. The fraction of sp³-hybridized carbons (Fsp3) is 1.00. The van der Waals surface area contributed by atoms with Crippen LogP contribution >= 0.6 is 0 Å². The number of nitrogens with two attached hydrogens (primary N) is 1. The summed E-state index contributed by atoms with van der Waals surface area (Å²) in [6.45, 7) is 16.7. The SMILES string of the molecule is CC.CC(C)CCC[C@@H](C)C1CCC2C3CCC4CC(O)CCC4(C)C3CCC21C.CN. The third-order valence-corrected chi connectivity index (χ3v) is 10.8. The molecule has 9 atom stereocenters. The highest BCUT2D eigenvalue weighted by atomic mass is 16.3. The van der Waals surface area contributed by atoms with Gasteiger partial charge in [-0.25, -0.2) is 0 Å². The molecule has 0 aliphatic heterocycles. The van der Waals surface area contributed by atoms with Gasteiger partial charge in [0.2, 0.25) is 0 Å². The zero-order chi connectivity index (χ0) is 24.1. The van der Waals surface area contributed by atoms with Crippen LogP contribution in [0.3, 0.4) is 0 Å². The van der Waals surface area contributed by atoms with Gasteiger partial charge in [-0.05, 0) is 117 Å². The molecule has 0 spiro atoms. The van der Waals surface area contributed by atoms with Crippen molar-refractivity contribution in [2.24, 2.45) is 58.0 Å². The second kappa shape index (κ2) is 12.1. The van der Waals surface area contributed by atoms with Gasteiger partial charge < -0.3 is 10.8 Å². The topological polar surface area (TPSA) is 46.2 Å². The van der Waals surface area contributed by atoms with Crippen molar-refractivity contribution in [1.29, 1.82) is 0 Å². The van der Waals surface area contributed by atoms with E-state index in [0.29, 0.717) is 10.8 Å². The molecule has 0 amide bonds. The lowest BCUT2D eigenvalue weighted by Gasteiger charge is -2.61. The van der Waals surface area contributed by atoms with Gasteiger partial charge in [0.25, 0.3) is 0 Å². The van der Waals surface area contributed by atoms with E-state index in [-0.39, 0.29) is 6.10 Å². The maximum atomic E-state index is 10.3. The van der Waals surface area contributed by atoms with Crippen molar-refractivity contribution in [2.45, 2.75) is 132 Å². The molecule has 0 aromatic rings. The summed E-state index contributed by atoms with van der Waals surface area (Å²) in [5.74, 6) is 6.49. The maximum Gasteiger partial charge on any atom is 0.0543 e. The second-order valence-corrected chi connectivity index (χ2v) is 12.6. The van der Waals surface area contributed by atoms with E-state index in [1.54, 1.807) is 0 Å². The van der Waals surface area contributed by atoms with Crippen molar-refractivity contribution in [1.82, 2.24) is 0 Å². The lowest BCUT2D eigenvalue weighted by molar-refractivity contribution is -0.129. The number of rotatable bonds is 5. The smallest absolute Gasteiger partial charge is 0.0543 e. The summed E-state index contributed by atoms with van der Waals surface area (Å²) in [5.41, 5.74) is 5.65. The maximum absolute atomic E-state index is 10.3. The van der Waals surface area contributed by atoms with Crippen LogP contribution in [0.4, 0.5) is 0 Å². The summed E-state index contributed by atoms with van der Waals surface area (Å²) in [4.78, 5) is 0. The Morgan fingerprint density at radius 3 is 2.09 bits per heavy atom. The van der Waals surface area contributed by atoms with Crippen molar-refractivity contribution in [2.75, 3.05) is 7.05 Å². The minimum Gasteiger partial charge on any atom is -0.393 e. The number of aliphatic hydroxyl groups is 1.